The van der Waals surface area contributed by atoms with E-state index < -0.39 is 0 Å². The van der Waals surface area contributed by atoms with Gasteiger partial charge in [0.25, 0.3) is 0 Å². The highest BCUT2D eigenvalue weighted by Crippen LogP contribution is 2.34. The first-order chi connectivity index (χ1) is 8.06. The van der Waals surface area contributed by atoms with Crippen LogP contribution in [0.25, 0.3) is 0 Å². The van der Waals surface area contributed by atoms with Crippen molar-refractivity contribution >= 4 is 5.69 Å². The maximum atomic E-state index is 13.6. The Morgan fingerprint density at radius 1 is 1.18 bits per heavy atom. The van der Waals surface area contributed by atoms with Crippen LogP contribution in [0.15, 0.2) is 18.2 Å². The van der Waals surface area contributed by atoms with Gasteiger partial charge in [-0.25, -0.2) is 4.39 Å². The number of halogens is 1. The number of nitrogens with two attached hydrogens (primary N) is 1. The molecule has 0 saturated heterocycles. The molecule has 1 fully saturated rings. The largest absolute Gasteiger partial charge is 0.485 e. The smallest absolute Gasteiger partial charge is 0.178 e. The molecule has 3 heteroatoms. The summed E-state index contributed by atoms with van der Waals surface area (Å²) in [6.45, 7) is 4.44. The molecule has 2 unspecified atom stereocenters. The molecule has 1 aliphatic rings. The summed E-state index contributed by atoms with van der Waals surface area (Å²) in [7, 11) is 0. The third-order valence-corrected chi connectivity index (χ3v) is 3.42. The van der Waals surface area contributed by atoms with Crippen LogP contribution in [0.2, 0.25) is 0 Å². The van der Waals surface area contributed by atoms with Crippen molar-refractivity contribution in [1.82, 2.24) is 0 Å². The van der Waals surface area contributed by atoms with Crippen LogP contribution in [-0.2, 0) is 0 Å². The molecule has 2 atom stereocenters. The van der Waals surface area contributed by atoms with E-state index in [2.05, 4.69) is 13.8 Å². The summed E-state index contributed by atoms with van der Waals surface area (Å²) in [6, 6.07) is 4.67. The van der Waals surface area contributed by atoms with Crippen LogP contribution < -0.4 is 10.5 Å². The van der Waals surface area contributed by atoms with E-state index in [1.165, 1.54) is 12.5 Å². The molecule has 17 heavy (non-hydrogen) atoms. The van der Waals surface area contributed by atoms with E-state index in [1.807, 2.05) is 0 Å². The first-order valence-electron chi connectivity index (χ1n) is 6.27. The second-order valence-corrected chi connectivity index (χ2v) is 5.32. The van der Waals surface area contributed by atoms with Crippen LogP contribution in [0.5, 0.6) is 5.75 Å². The summed E-state index contributed by atoms with van der Waals surface area (Å²) in [5.74, 6) is 1.13. The Kier molecular flexibility index (Phi) is 3.55. The van der Waals surface area contributed by atoms with Gasteiger partial charge in [0.1, 0.15) is 0 Å². The van der Waals surface area contributed by atoms with E-state index in [1.54, 1.807) is 12.1 Å². The molecular weight excluding hydrogens is 217 g/mol. The molecule has 0 aromatic heterocycles. The van der Waals surface area contributed by atoms with E-state index in [-0.39, 0.29) is 17.7 Å². The Balaban J connectivity index is 2.10. The van der Waals surface area contributed by atoms with Gasteiger partial charge in [-0.3, -0.25) is 0 Å². The van der Waals surface area contributed by atoms with Crippen LogP contribution in [0, 0.1) is 17.7 Å². The fourth-order valence-electron chi connectivity index (χ4n) is 2.79. The predicted molar refractivity (Wildman–Crippen MR) is 67.4 cm³/mol. The van der Waals surface area contributed by atoms with Gasteiger partial charge in [-0.1, -0.05) is 19.9 Å². The third kappa shape index (κ3) is 2.90. The molecule has 0 aliphatic heterocycles. The van der Waals surface area contributed by atoms with E-state index >= 15 is 0 Å². The van der Waals surface area contributed by atoms with Gasteiger partial charge in [-0.2, -0.15) is 0 Å². The summed E-state index contributed by atoms with van der Waals surface area (Å²) in [6.07, 6.45) is 3.29. The van der Waals surface area contributed by atoms with Crippen molar-refractivity contribution in [3.63, 3.8) is 0 Å². The minimum atomic E-state index is -0.365. The van der Waals surface area contributed by atoms with Gasteiger partial charge in [0.05, 0.1) is 11.8 Å². The van der Waals surface area contributed by atoms with E-state index in [4.69, 9.17) is 10.5 Å². The molecule has 1 saturated carbocycles. The minimum Gasteiger partial charge on any atom is -0.485 e. The molecule has 2 nitrogen and oxygen atoms in total. The molecule has 0 heterocycles. The predicted octanol–water partition coefficient (Wildman–Crippen LogP) is 3.61. The molecule has 2 N–H and O–H groups in total. The summed E-state index contributed by atoms with van der Waals surface area (Å²) >= 11 is 0. The highest BCUT2D eigenvalue weighted by Gasteiger charge is 2.26. The van der Waals surface area contributed by atoms with Gasteiger partial charge in [0, 0.05) is 0 Å². The Hall–Kier alpha value is -1.25. The average Bonchev–Trinajstić information content (AvgIpc) is 2.22. The van der Waals surface area contributed by atoms with Gasteiger partial charge < -0.3 is 10.5 Å². The Bertz CT molecular complexity index is 364. The van der Waals surface area contributed by atoms with Crippen molar-refractivity contribution in [2.24, 2.45) is 11.8 Å². The highest BCUT2D eigenvalue weighted by atomic mass is 19.1. The monoisotopic (exact) mass is 237 g/mol. The van der Waals surface area contributed by atoms with E-state index in [0.29, 0.717) is 17.5 Å². The SMILES string of the molecule is CC1CC(C)CC(Oc2c(N)cccc2F)C1. The second-order valence-electron chi connectivity index (χ2n) is 5.32. The van der Waals surface area contributed by atoms with Crippen molar-refractivity contribution in [1.29, 1.82) is 0 Å². The van der Waals surface area contributed by atoms with Crippen LogP contribution in [0.1, 0.15) is 33.1 Å². The standard InChI is InChI=1S/C14H20FNO/c1-9-6-10(2)8-11(7-9)17-14-12(15)4-3-5-13(14)16/h3-5,9-11H,6-8,16H2,1-2H3. The lowest BCUT2D eigenvalue weighted by Gasteiger charge is -2.32. The zero-order valence-corrected chi connectivity index (χ0v) is 10.4. The summed E-state index contributed by atoms with van der Waals surface area (Å²) in [4.78, 5) is 0. The lowest BCUT2D eigenvalue weighted by atomic mass is 9.82. The molecule has 0 spiro atoms. The number of benzene rings is 1. The maximum absolute atomic E-state index is 13.6. The fraction of sp³-hybridized carbons (Fsp3) is 0.571. The van der Waals surface area contributed by atoms with Crippen LogP contribution >= 0.6 is 0 Å². The second kappa shape index (κ2) is 4.94. The molecule has 94 valence electrons. The maximum Gasteiger partial charge on any atom is 0.178 e. The van der Waals surface area contributed by atoms with Crippen LogP contribution in [0.4, 0.5) is 10.1 Å². The Morgan fingerprint density at radius 2 is 1.82 bits per heavy atom. The minimum absolute atomic E-state index is 0.0907. The van der Waals surface area contributed by atoms with Gasteiger partial charge in [-0.15, -0.1) is 0 Å². The average molecular weight is 237 g/mol. The fourth-order valence-corrected chi connectivity index (χ4v) is 2.79. The van der Waals surface area contributed by atoms with Crippen molar-refractivity contribution < 1.29 is 9.13 Å². The van der Waals surface area contributed by atoms with Crippen LogP contribution in [-0.4, -0.2) is 6.10 Å². The summed E-state index contributed by atoms with van der Waals surface area (Å²) in [5.41, 5.74) is 6.13. The molecule has 1 aromatic rings. The molecule has 2 rings (SSSR count). The van der Waals surface area contributed by atoms with Crippen molar-refractivity contribution in [3.8, 4) is 5.75 Å². The molecule has 0 bridgehead atoms. The molecule has 1 aliphatic carbocycles. The molecule has 1 aromatic carbocycles. The summed E-state index contributed by atoms with van der Waals surface area (Å²) < 4.78 is 19.4. The number of para-hydroxylation sites is 1. The molecule has 0 amide bonds. The van der Waals surface area contributed by atoms with Crippen molar-refractivity contribution in [2.45, 2.75) is 39.2 Å². The lowest BCUT2D eigenvalue weighted by molar-refractivity contribution is 0.0978. The van der Waals surface area contributed by atoms with Gasteiger partial charge in [0.2, 0.25) is 0 Å². The highest BCUT2D eigenvalue weighted by molar-refractivity contribution is 5.52. The Morgan fingerprint density at radius 3 is 2.41 bits per heavy atom. The van der Waals surface area contributed by atoms with Crippen LogP contribution in [0.3, 0.4) is 0 Å². The number of anilines is 1. The molecule has 0 radical (unpaired) electrons. The number of hydrogen-bond acceptors (Lipinski definition) is 2. The summed E-state index contributed by atoms with van der Waals surface area (Å²) in [5, 5.41) is 0. The van der Waals surface area contributed by atoms with Gasteiger partial charge >= 0.3 is 0 Å². The first kappa shape index (κ1) is 12.2. The van der Waals surface area contributed by atoms with Gasteiger partial charge in [-0.05, 0) is 43.2 Å². The van der Waals surface area contributed by atoms with E-state index in [9.17, 15) is 4.39 Å². The normalized spacial score (nSPS) is 29.0. The van der Waals surface area contributed by atoms with Crippen molar-refractivity contribution in [3.05, 3.63) is 24.0 Å². The zero-order chi connectivity index (χ0) is 12.4. The zero-order valence-electron chi connectivity index (χ0n) is 10.4. The quantitative estimate of drug-likeness (QED) is 0.797. The molecular formula is C14H20FNO. The van der Waals surface area contributed by atoms with Crippen molar-refractivity contribution in [2.75, 3.05) is 5.73 Å². The number of hydrogen-bond donors (Lipinski definition) is 1. The number of ether oxygens (including phenoxy) is 1. The number of rotatable bonds is 2. The number of nitrogen functional groups attached to an aromatic ring is 1. The van der Waals surface area contributed by atoms with Gasteiger partial charge in [0.15, 0.2) is 11.6 Å². The Labute approximate surface area is 102 Å². The topological polar surface area (TPSA) is 35.2 Å². The van der Waals surface area contributed by atoms with E-state index in [0.717, 1.165) is 12.8 Å². The first-order valence-corrected chi connectivity index (χ1v) is 6.27. The third-order valence-electron chi connectivity index (χ3n) is 3.42. The lowest BCUT2D eigenvalue weighted by Crippen LogP contribution is -2.29.